The van der Waals surface area contributed by atoms with Crippen LogP contribution in [0.15, 0.2) is 0 Å². The number of carbonyl (C=O) groups is 2. The molecule has 1 aliphatic heterocycles. The molecule has 7 nitrogen and oxygen atoms in total. The number of rotatable bonds is 5. The van der Waals surface area contributed by atoms with Crippen molar-refractivity contribution in [1.82, 2.24) is 10.2 Å². The van der Waals surface area contributed by atoms with Gasteiger partial charge in [-0.25, -0.2) is 8.42 Å². The maximum absolute atomic E-state index is 12.7. The van der Waals surface area contributed by atoms with Crippen molar-refractivity contribution in [3.63, 3.8) is 0 Å². The van der Waals surface area contributed by atoms with E-state index in [2.05, 4.69) is 5.32 Å². The zero-order valence-corrected chi connectivity index (χ0v) is 15.8. The first-order valence-corrected chi connectivity index (χ1v) is 10.2. The minimum atomic E-state index is -3.03. The normalized spacial score (nSPS) is 24.7. The van der Waals surface area contributed by atoms with Gasteiger partial charge in [0.25, 0.3) is 0 Å². The van der Waals surface area contributed by atoms with Gasteiger partial charge in [0.2, 0.25) is 11.8 Å². The summed E-state index contributed by atoms with van der Waals surface area (Å²) in [6.07, 6.45) is 4.72. The first-order chi connectivity index (χ1) is 10.8. The fourth-order valence-corrected chi connectivity index (χ4v) is 5.07. The highest BCUT2D eigenvalue weighted by Crippen LogP contribution is 2.27. The number of carbonyl (C=O) groups excluding carboxylic acids is 2. The SMILES string of the molecule is CCN(CC(=O)NC1CCS(=O)(=O)C1)C(=O)C1(N)CCCCC1.Cl. The molecule has 1 atom stereocenters. The van der Waals surface area contributed by atoms with Crippen LogP contribution in [0.25, 0.3) is 0 Å². The van der Waals surface area contributed by atoms with Crippen LogP contribution in [0.4, 0.5) is 0 Å². The number of amides is 2. The lowest BCUT2D eigenvalue weighted by Gasteiger charge is -2.36. The molecular weight excluding hydrogens is 354 g/mol. The monoisotopic (exact) mass is 381 g/mol. The zero-order chi connectivity index (χ0) is 17.1. The molecule has 9 heteroatoms. The van der Waals surface area contributed by atoms with E-state index in [1.807, 2.05) is 6.92 Å². The molecule has 0 bridgehead atoms. The van der Waals surface area contributed by atoms with Crippen molar-refractivity contribution in [2.45, 2.75) is 57.0 Å². The van der Waals surface area contributed by atoms with Crippen LogP contribution < -0.4 is 11.1 Å². The minimum absolute atomic E-state index is 0. The Labute approximate surface area is 150 Å². The van der Waals surface area contributed by atoms with Crippen LogP contribution in [0, 0.1) is 0 Å². The number of hydrogen-bond acceptors (Lipinski definition) is 5. The van der Waals surface area contributed by atoms with E-state index in [-0.39, 0.29) is 48.3 Å². The lowest BCUT2D eigenvalue weighted by molar-refractivity contribution is -0.141. The van der Waals surface area contributed by atoms with Gasteiger partial charge in [0.15, 0.2) is 9.84 Å². The number of nitrogens with zero attached hydrogens (tertiary/aromatic N) is 1. The van der Waals surface area contributed by atoms with Crippen molar-refractivity contribution in [1.29, 1.82) is 0 Å². The third-order valence-corrected chi connectivity index (χ3v) is 6.54. The highest BCUT2D eigenvalue weighted by atomic mass is 35.5. The van der Waals surface area contributed by atoms with Gasteiger partial charge >= 0.3 is 0 Å². The van der Waals surface area contributed by atoms with Gasteiger partial charge in [-0.05, 0) is 26.2 Å². The molecule has 0 aromatic carbocycles. The molecule has 0 radical (unpaired) electrons. The maximum Gasteiger partial charge on any atom is 0.243 e. The molecule has 3 N–H and O–H groups in total. The van der Waals surface area contributed by atoms with Crippen molar-refractivity contribution < 1.29 is 18.0 Å². The second-order valence-electron chi connectivity index (χ2n) is 6.70. The predicted octanol–water partition coefficient (Wildman–Crippen LogP) is 0.222. The second-order valence-corrected chi connectivity index (χ2v) is 8.93. The molecule has 0 aromatic heterocycles. The van der Waals surface area contributed by atoms with Gasteiger partial charge in [-0.1, -0.05) is 19.3 Å². The summed E-state index contributed by atoms with van der Waals surface area (Å²) in [7, 11) is -3.03. The Morgan fingerprint density at radius 1 is 1.25 bits per heavy atom. The Morgan fingerprint density at radius 2 is 1.88 bits per heavy atom. The average molecular weight is 382 g/mol. The molecule has 0 aromatic rings. The van der Waals surface area contributed by atoms with Crippen LogP contribution in [0.1, 0.15) is 45.4 Å². The van der Waals surface area contributed by atoms with E-state index < -0.39 is 15.4 Å². The van der Waals surface area contributed by atoms with Crippen molar-refractivity contribution in [2.24, 2.45) is 5.73 Å². The van der Waals surface area contributed by atoms with E-state index in [1.54, 1.807) is 0 Å². The van der Waals surface area contributed by atoms with Crippen molar-refractivity contribution in [3.05, 3.63) is 0 Å². The Hall–Kier alpha value is -0.860. The molecule has 2 aliphatic rings. The van der Waals surface area contributed by atoms with Gasteiger partial charge in [0, 0.05) is 12.6 Å². The summed E-state index contributed by atoms with van der Waals surface area (Å²) >= 11 is 0. The van der Waals surface area contributed by atoms with Gasteiger partial charge in [-0.3, -0.25) is 9.59 Å². The fraction of sp³-hybridized carbons (Fsp3) is 0.867. The summed E-state index contributed by atoms with van der Waals surface area (Å²) in [6, 6.07) is -0.345. The van der Waals surface area contributed by atoms with Crippen molar-refractivity contribution in [3.8, 4) is 0 Å². The summed E-state index contributed by atoms with van der Waals surface area (Å²) in [5.41, 5.74) is 5.40. The van der Waals surface area contributed by atoms with Gasteiger partial charge in [-0.15, -0.1) is 12.4 Å². The standard InChI is InChI=1S/C15H27N3O4S.ClH/c1-2-18(14(20)15(16)7-4-3-5-8-15)10-13(19)17-12-6-9-23(21,22)11-12;/h12H,2-11,16H2,1H3,(H,17,19);1H. The van der Waals surface area contributed by atoms with Crippen LogP contribution in [-0.4, -0.2) is 61.3 Å². The van der Waals surface area contributed by atoms with Crippen LogP contribution in [0.3, 0.4) is 0 Å². The average Bonchev–Trinajstić information content (AvgIpc) is 2.83. The van der Waals surface area contributed by atoms with Crippen LogP contribution in [-0.2, 0) is 19.4 Å². The van der Waals surface area contributed by atoms with Gasteiger partial charge < -0.3 is 16.0 Å². The first kappa shape index (κ1) is 21.2. The zero-order valence-electron chi connectivity index (χ0n) is 14.1. The number of nitrogens with two attached hydrogens (primary N) is 1. The van der Waals surface area contributed by atoms with Crippen LogP contribution >= 0.6 is 12.4 Å². The molecule has 0 spiro atoms. The first-order valence-electron chi connectivity index (χ1n) is 8.34. The Balaban J connectivity index is 0.00000288. The molecule has 1 aliphatic carbocycles. The third-order valence-electron chi connectivity index (χ3n) is 4.77. The van der Waals surface area contributed by atoms with Crippen molar-refractivity contribution in [2.75, 3.05) is 24.6 Å². The highest BCUT2D eigenvalue weighted by molar-refractivity contribution is 7.91. The minimum Gasteiger partial charge on any atom is -0.351 e. The number of halogens is 1. The van der Waals surface area contributed by atoms with Crippen molar-refractivity contribution >= 4 is 34.1 Å². The molecular formula is C15H28ClN3O4S. The molecule has 2 amide bonds. The third kappa shape index (κ3) is 5.32. The Bertz CT molecular complexity index is 561. The highest BCUT2D eigenvalue weighted by Gasteiger charge is 2.38. The summed E-state index contributed by atoms with van der Waals surface area (Å²) in [4.78, 5) is 26.3. The lowest BCUT2D eigenvalue weighted by atomic mass is 9.81. The summed E-state index contributed by atoms with van der Waals surface area (Å²) in [5.74, 6) is -0.393. The lowest BCUT2D eigenvalue weighted by Crippen LogP contribution is -2.58. The van der Waals surface area contributed by atoms with E-state index in [4.69, 9.17) is 5.73 Å². The van der Waals surface area contributed by atoms with E-state index in [0.29, 0.717) is 25.8 Å². The fourth-order valence-electron chi connectivity index (χ4n) is 3.39. The molecule has 1 heterocycles. The quantitative estimate of drug-likeness (QED) is 0.708. The van der Waals surface area contributed by atoms with E-state index in [1.165, 1.54) is 4.90 Å². The molecule has 2 fully saturated rings. The largest absolute Gasteiger partial charge is 0.351 e. The number of sulfone groups is 1. The van der Waals surface area contributed by atoms with Gasteiger partial charge in [-0.2, -0.15) is 0 Å². The molecule has 2 rings (SSSR count). The Morgan fingerprint density at radius 3 is 2.38 bits per heavy atom. The van der Waals surface area contributed by atoms with Gasteiger partial charge in [0.1, 0.15) is 0 Å². The topological polar surface area (TPSA) is 110 Å². The molecule has 140 valence electrons. The summed E-state index contributed by atoms with van der Waals surface area (Å²) < 4.78 is 22.9. The second kappa shape index (κ2) is 8.49. The number of hydrogen-bond donors (Lipinski definition) is 2. The molecule has 1 unspecified atom stereocenters. The maximum atomic E-state index is 12.7. The summed E-state index contributed by atoms with van der Waals surface area (Å²) in [5, 5.41) is 2.72. The van der Waals surface area contributed by atoms with Crippen LogP contribution in [0.2, 0.25) is 0 Å². The molecule has 1 saturated heterocycles. The predicted molar refractivity (Wildman–Crippen MR) is 94.7 cm³/mol. The Kier molecular flexibility index (Phi) is 7.49. The smallest absolute Gasteiger partial charge is 0.243 e. The van der Waals surface area contributed by atoms with Crippen LogP contribution in [0.5, 0.6) is 0 Å². The van der Waals surface area contributed by atoms with E-state index in [0.717, 1.165) is 19.3 Å². The van der Waals surface area contributed by atoms with Gasteiger partial charge in [0.05, 0.1) is 23.6 Å². The summed E-state index contributed by atoms with van der Waals surface area (Å²) in [6.45, 7) is 2.16. The van der Waals surface area contributed by atoms with E-state index >= 15 is 0 Å². The number of nitrogens with one attached hydrogen (secondary N) is 1. The number of likely N-dealkylation sites (N-methyl/N-ethyl adjacent to an activating group) is 1. The molecule has 24 heavy (non-hydrogen) atoms. The molecule has 1 saturated carbocycles. The van der Waals surface area contributed by atoms with E-state index in [9.17, 15) is 18.0 Å².